The summed E-state index contributed by atoms with van der Waals surface area (Å²) in [5, 5.41) is 3.17. The Morgan fingerprint density at radius 2 is 2.29 bits per heavy atom. The lowest BCUT2D eigenvalue weighted by Gasteiger charge is -2.21. The third kappa shape index (κ3) is 3.43. The summed E-state index contributed by atoms with van der Waals surface area (Å²) in [5.74, 6) is 1.91. The molecule has 1 aliphatic heterocycles. The molecule has 1 aromatic rings. The normalized spacial score (nSPS) is 22.1. The van der Waals surface area contributed by atoms with Crippen molar-refractivity contribution in [3.8, 4) is 0 Å². The fourth-order valence-corrected chi connectivity index (χ4v) is 2.51. The molecule has 2 rings (SSSR count). The molecule has 0 aromatic carbocycles. The molecule has 3 heteroatoms. The molecule has 0 saturated carbocycles. The van der Waals surface area contributed by atoms with E-state index in [2.05, 4.69) is 28.2 Å². The Balaban J connectivity index is 1.99. The molecule has 94 valence electrons. The number of likely N-dealkylation sites (tertiary alicyclic amines) is 1. The molecule has 0 spiro atoms. The molecule has 1 aliphatic rings. The molecule has 1 saturated heterocycles. The van der Waals surface area contributed by atoms with Crippen molar-refractivity contribution in [3.63, 3.8) is 0 Å². The quantitative estimate of drug-likeness (QED) is 0.870. The van der Waals surface area contributed by atoms with Crippen LogP contribution in [-0.4, -0.2) is 30.0 Å². The zero-order valence-corrected chi connectivity index (χ0v) is 10.9. The van der Waals surface area contributed by atoms with Crippen LogP contribution in [0.4, 0.5) is 5.82 Å². The van der Waals surface area contributed by atoms with Crippen LogP contribution in [-0.2, 0) is 6.54 Å². The summed E-state index contributed by atoms with van der Waals surface area (Å²) >= 11 is 0. The van der Waals surface area contributed by atoms with Gasteiger partial charge in [-0.05, 0) is 44.3 Å². The Morgan fingerprint density at radius 1 is 1.41 bits per heavy atom. The first-order chi connectivity index (χ1) is 8.29. The first-order valence-corrected chi connectivity index (χ1v) is 6.63. The largest absolute Gasteiger partial charge is 0.373 e. The van der Waals surface area contributed by atoms with E-state index >= 15 is 0 Å². The van der Waals surface area contributed by atoms with E-state index in [-0.39, 0.29) is 0 Å². The maximum Gasteiger partial charge on any atom is 0.130 e. The monoisotopic (exact) mass is 233 g/mol. The molecule has 1 aromatic heterocycles. The number of nitrogens with zero attached hydrogens (tertiary/aromatic N) is 2. The molecular weight excluding hydrogens is 210 g/mol. The predicted molar refractivity (Wildman–Crippen MR) is 72.1 cm³/mol. The topological polar surface area (TPSA) is 28.2 Å². The standard InChI is InChI=1S/C14H23N3/c1-12-5-4-9-17(10-7-12)11-13-6-3-8-16-14(13)15-2/h3,6,8,12H,4-5,7,9-11H2,1-2H3,(H,15,16). The van der Waals surface area contributed by atoms with Gasteiger partial charge < -0.3 is 5.32 Å². The zero-order valence-electron chi connectivity index (χ0n) is 10.9. The van der Waals surface area contributed by atoms with E-state index in [1.165, 1.54) is 37.9 Å². The number of nitrogens with one attached hydrogen (secondary N) is 1. The third-order valence-electron chi connectivity index (χ3n) is 3.63. The van der Waals surface area contributed by atoms with Crippen LogP contribution < -0.4 is 5.32 Å². The Labute approximate surface area is 104 Å². The van der Waals surface area contributed by atoms with Crippen LogP contribution >= 0.6 is 0 Å². The van der Waals surface area contributed by atoms with Crippen molar-refractivity contribution >= 4 is 5.82 Å². The van der Waals surface area contributed by atoms with Gasteiger partial charge in [0.2, 0.25) is 0 Å². The van der Waals surface area contributed by atoms with Gasteiger partial charge in [0, 0.05) is 25.4 Å². The van der Waals surface area contributed by atoms with Crippen molar-refractivity contribution in [1.29, 1.82) is 0 Å². The summed E-state index contributed by atoms with van der Waals surface area (Å²) < 4.78 is 0. The van der Waals surface area contributed by atoms with Crippen LogP contribution in [0, 0.1) is 5.92 Å². The Bertz CT molecular complexity index is 351. The predicted octanol–water partition coefficient (Wildman–Crippen LogP) is 2.75. The van der Waals surface area contributed by atoms with E-state index in [9.17, 15) is 0 Å². The van der Waals surface area contributed by atoms with E-state index in [1.807, 2.05) is 19.3 Å². The van der Waals surface area contributed by atoms with Gasteiger partial charge in [0.05, 0.1) is 0 Å². The van der Waals surface area contributed by atoms with Crippen LogP contribution in [0.15, 0.2) is 18.3 Å². The highest BCUT2D eigenvalue weighted by molar-refractivity contribution is 5.42. The molecule has 0 bridgehead atoms. The lowest BCUT2D eigenvalue weighted by atomic mass is 10.0. The highest BCUT2D eigenvalue weighted by Crippen LogP contribution is 2.20. The average molecular weight is 233 g/mol. The first-order valence-electron chi connectivity index (χ1n) is 6.63. The van der Waals surface area contributed by atoms with Crippen LogP contribution in [0.5, 0.6) is 0 Å². The van der Waals surface area contributed by atoms with Gasteiger partial charge in [0.15, 0.2) is 0 Å². The van der Waals surface area contributed by atoms with Gasteiger partial charge in [-0.1, -0.05) is 13.0 Å². The van der Waals surface area contributed by atoms with Gasteiger partial charge in [0.1, 0.15) is 5.82 Å². The molecule has 17 heavy (non-hydrogen) atoms. The highest BCUT2D eigenvalue weighted by atomic mass is 15.1. The van der Waals surface area contributed by atoms with Crippen LogP contribution in [0.25, 0.3) is 0 Å². The summed E-state index contributed by atoms with van der Waals surface area (Å²) in [4.78, 5) is 6.92. The van der Waals surface area contributed by atoms with Crippen LogP contribution in [0.3, 0.4) is 0 Å². The molecule has 2 heterocycles. The fourth-order valence-electron chi connectivity index (χ4n) is 2.51. The second-order valence-electron chi connectivity index (χ2n) is 5.07. The van der Waals surface area contributed by atoms with Crippen molar-refractivity contribution in [3.05, 3.63) is 23.9 Å². The molecule has 1 N–H and O–H groups in total. The summed E-state index contributed by atoms with van der Waals surface area (Å²) in [6, 6.07) is 4.20. The number of hydrogen-bond acceptors (Lipinski definition) is 3. The van der Waals surface area contributed by atoms with E-state index in [1.54, 1.807) is 0 Å². The van der Waals surface area contributed by atoms with Gasteiger partial charge in [0.25, 0.3) is 0 Å². The summed E-state index contributed by atoms with van der Waals surface area (Å²) in [7, 11) is 1.94. The van der Waals surface area contributed by atoms with Gasteiger partial charge in [-0.3, -0.25) is 4.90 Å². The molecule has 1 atom stereocenters. The lowest BCUT2D eigenvalue weighted by molar-refractivity contribution is 0.274. The van der Waals surface area contributed by atoms with Crippen molar-refractivity contribution < 1.29 is 0 Å². The second kappa shape index (κ2) is 6.01. The van der Waals surface area contributed by atoms with Crippen molar-refractivity contribution in [2.24, 2.45) is 5.92 Å². The van der Waals surface area contributed by atoms with E-state index in [0.29, 0.717) is 0 Å². The fraction of sp³-hybridized carbons (Fsp3) is 0.643. The Morgan fingerprint density at radius 3 is 3.12 bits per heavy atom. The minimum atomic E-state index is 0.887. The van der Waals surface area contributed by atoms with Gasteiger partial charge in [-0.2, -0.15) is 0 Å². The van der Waals surface area contributed by atoms with Crippen molar-refractivity contribution in [1.82, 2.24) is 9.88 Å². The van der Waals surface area contributed by atoms with Gasteiger partial charge in [-0.25, -0.2) is 4.98 Å². The smallest absolute Gasteiger partial charge is 0.130 e. The van der Waals surface area contributed by atoms with Crippen molar-refractivity contribution in [2.45, 2.75) is 32.7 Å². The third-order valence-corrected chi connectivity index (χ3v) is 3.63. The maximum absolute atomic E-state index is 4.36. The molecule has 0 radical (unpaired) electrons. The minimum absolute atomic E-state index is 0.887. The molecule has 0 aliphatic carbocycles. The number of aromatic nitrogens is 1. The van der Waals surface area contributed by atoms with E-state index in [4.69, 9.17) is 0 Å². The lowest BCUT2D eigenvalue weighted by Crippen LogP contribution is -2.24. The van der Waals surface area contributed by atoms with Gasteiger partial charge >= 0.3 is 0 Å². The maximum atomic E-state index is 4.36. The molecule has 1 fully saturated rings. The summed E-state index contributed by atoms with van der Waals surface area (Å²) in [6.07, 6.45) is 5.88. The number of hydrogen-bond donors (Lipinski definition) is 1. The second-order valence-corrected chi connectivity index (χ2v) is 5.07. The van der Waals surface area contributed by atoms with Crippen LogP contribution in [0.2, 0.25) is 0 Å². The minimum Gasteiger partial charge on any atom is -0.373 e. The molecule has 1 unspecified atom stereocenters. The Kier molecular flexibility index (Phi) is 4.37. The molecule has 3 nitrogen and oxygen atoms in total. The number of rotatable bonds is 3. The SMILES string of the molecule is CNc1ncccc1CN1CCCC(C)CC1. The zero-order chi connectivity index (χ0) is 12.1. The van der Waals surface area contributed by atoms with Crippen molar-refractivity contribution in [2.75, 3.05) is 25.5 Å². The van der Waals surface area contributed by atoms with E-state index in [0.717, 1.165) is 18.3 Å². The molecular formula is C14H23N3. The first kappa shape index (κ1) is 12.4. The van der Waals surface area contributed by atoms with E-state index < -0.39 is 0 Å². The van der Waals surface area contributed by atoms with Crippen LogP contribution in [0.1, 0.15) is 31.7 Å². The number of pyridine rings is 1. The highest BCUT2D eigenvalue weighted by Gasteiger charge is 2.14. The van der Waals surface area contributed by atoms with Gasteiger partial charge in [-0.15, -0.1) is 0 Å². The molecule has 0 amide bonds. The summed E-state index contributed by atoms with van der Waals surface area (Å²) in [6.45, 7) is 5.84. The number of anilines is 1. The Hall–Kier alpha value is -1.09. The summed E-state index contributed by atoms with van der Waals surface area (Å²) in [5.41, 5.74) is 1.31. The average Bonchev–Trinajstić information content (AvgIpc) is 2.55.